The van der Waals surface area contributed by atoms with Crippen LogP contribution in [0.2, 0.25) is 0 Å². The van der Waals surface area contributed by atoms with Gasteiger partial charge in [-0.2, -0.15) is 13.2 Å². The minimum Gasteiger partial charge on any atom is -0.479 e. The monoisotopic (exact) mass is 430 g/mol. The summed E-state index contributed by atoms with van der Waals surface area (Å²) in [5.41, 5.74) is -1.52. The molecular formula is C18H17F3N2O5S. The number of benzene rings is 2. The predicted octanol–water partition coefficient (Wildman–Crippen LogP) is 4.99. The van der Waals surface area contributed by atoms with E-state index in [0.29, 0.717) is 17.5 Å². The number of nitrogens with zero attached hydrogens (tertiary/aromatic N) is 1. The minimum atomic E-state index is -4.68. The van der Waals surface area contributed by atoms with Gasteiger partial charge in [0, 0.05) is 11.8 Å². The molecule has 2 aromatic rings. The molecule has 0 radical (unpaired) electrons. The summed E-state index contributed by atoms with van der Waals surface area (Å²) in [6.45, 7) is 1.53. The van der Waals surface area contributed by atoms with Gasteiger partial charge in [-0.05, 0) is 49.6 Å². The number of hydrogen-bond donors (Lipinski definition) is 1. The first-order valence-electron chi connectivity index (χ1n) is 8.16. The molecule has 1 N–H and O–H groups in total. The molecule has 2 aromatic carbocycles. The Morgan fingerprint density at radius 1 is 1.24 bits per heavy atom. The third-order valence-electron chi connectivity index (χ3n) is 3.62. The Kier molecular flexibility index (Phi) is 7.32. The quantitative estimate of drug-likeness (QED) is 0.273. The van der Waals surface area contributed by atoms with Crippen LogP contribution in [0.5, 0.6) is 5.75 Å². The third kappa shape index (κ3) is 6.28. The van der Waals surface area contributed by atoms with Crippen molar-refractivity contribution in [1.29, 1.82) is 0 Å². The number of halogens is 3. The number of esters is 1. The highest BCUT2D eigenvalue weighted by Crippen LogP contribution is 2.36. The molecule has 1 atom stereocenters. The molecule has 0 aliphatic heterocycles. The largest absolute Gasteiger partial charge is 0.479 e. The first-order valence-corrected chi connectivity index (χ1v) is 9.56. The SMILES string of the molecule is CSCOC(=O)C(C)Oc1ccc(Nc2ccc(C(F)(F)F)cc2[N+](=O)[O-])cc1. The maximum Gasteiger partial charge on any atom is 0.416 e. The maximum atomic E-state index is 12.8. The molecule has 0 aromatic heterocycles. The van der Waals surface area contributed by atoms with E-state index in [9.17, 15) is 28.1 Å². The Hall–Kier alpha value is -2.95. The Balaban J connectivity index is 2.11. The summed E-state index contributed by atoms with van der Waals surface area (Å²) < 4.78 is 48.7. The van der Waals surface area contributed by atoms with Crippen LogP contribution in [0.15, 0.2) is 42.5 Å². The Morgan fingerprint density at radius 2 is 1.90 bits per heavy atom. The second kappa shape index (κ2) is 9.50. The second-order valence-corrected chi connectivity index (χ2v) is 6.58. The lowest BCUT2D eigenvalue weighted by molar-refractivity contribution is -0.384. The number of alkyl halides is 3. The highest BCUT2D eigenvalue weighted by Gasteiger charge is 2.33. The smallest absolute Gasteiger partial charge is 0.416 e. The molecular weight excluding hydrogens is 413 g/mol. The molecule has 7 nitrogen and oxygen atoms in total. The molecule has 0 heterocycles. The van der Waals surface area contributed by atoms with Crippen molar-refractivity contribution in [3.05, 3.63) is 58.1 Å². The van der Waals surface area contributed by atoms with Crippen LogP contribution in [-0.4, -0.2) is 29.2 Å². The molecule has 0 bridgehead atoms. The summed E-state index contributed by atoms with van der Waals surface area (Å²) in [5, 5.41) is 13.8. The zero-order valence-electron chi connectivity index (χ0n) is 15.4. The van der Waals surface area contributed by atoms with Crippen LogP contribution < -0.4 is 10.1 Å². The van der Waals surface area contributed by atoms with Crippen molar-refractivity contribution >= 4 is 34.8 Å². The van der Waals surface area contributed by atoms with E-state index in [1.807, 2.05) is 0 Å². The van der Waals surface area contributed by atoms with Crippen LogP contribution in [0.1, 0.15) is 12.5 Å². The highest BCUT2D eigenvalue weighted by atomic mass is 32.2. The van der Waals surface area contributed by atoms with Gasteiger partial charge in [-0.25, -0.2) is 4.79 Å². The Bertz CT molecular complexity index is 875. The van der Waals surface area contributed by atoms with Crippen molar-refractivity contribution in [3.8, 4) is 5.75 Å². The minimum absolute atomic E-state index is 0.0920. The zero-order chi connectivity index (χ0) is 21.6. The second-order valence-electron chi connectivity index (χ2n) is 5.77. The summed E-state index contributed by atoms with van der Waals surface area (Å²) in [6.07, 6.45) is -3.74. The van der Waals surface area contributed by atoms with E-state index in [2.05, 4.69) is 5.32 Å². The van der Waals surface area contributed by atoms with Crippen LogP contribution in [0.25, 0.3) is 0 Å². The van der Waals surface area contributed by atoms with Crippen LogP contribution in [0, 0.1) is 10.1 Å². The molecule has 29 heavy (non-hydrogen) atoms. The normalized spacial score (nSPS) is 12.2. The fourth-order valence-corrected chi connectivity index (χ4v) is 2.46. The summed E-state index contributed by atoms with van der Waals surface area (Å²) in [7, 11) is 0. The highest BCUT2D eigenvalue weighted by molar-refractivity contribution is 7.98. The van der Waals surface area contributed by atoms with Crippen LogP contribution in [-0.2, 0) is 15.7 Å². The van der Waals surface area contributed by atoms with Crippen LogP contribution in [0.4, 0.5) is 30.2 Å². The topological polar surface area (TPSA) is 90.7 Å². The van der Waals surface area contributed by atoms with Gasteiger partial charge in [-0.3, -0.25) is 10.1 Å². The van der Waals surface area contributed by atoms with E-state index in [1.165, 1.54) is 43.0 Å². The van der Waals surface area contributed by atoms with E-state index in [-0.39, 0.29) is 11.6 Å². The molecule has 0 aliphatic rings. The first kappa shape index (κ1) is 22.3. The lowest BCUT2D eigenvalue weighted by Crippen LogP contribution is -2.25. The van der Waals surface area contributed by atoms with E-state index >= 15 is 0 Å². The predicted molar refractivity (Wildman–Crippen MR) is 102 cm³/mol. The number of hydrogen-bond acceptors (Lipinski definition) is 7. The number of rotatable bonds is 8. The number of thioether (sulfide) groups is 1. The number of ether oxygens (including phenoxy) is 2. The number of nitro groups is 1. The Morgan fingerprint density at radius 3 is 2.45 bits per heavy atom. The fraction of sp³-hybridized carbons (Fsp3) is 0.278. The van der Waals surface area contributed by atoms with Crippen molar-refractivity contribution in [2.24, 2.45) is 0 Å². The van der Waals surface area contributed by atoms with E-state index in [4.69, 9.17) is 9.47 Å². The molecule has 0 aliphatic carbocycles. The summed E-state index contributed by atoms with van der Waals surface area (Å²) in [4.78, 5) is 21.9. The standard InChI is InChI=1S/C18H17F3N2O5S/c1-11(17(24)27-10-29-2)28-14-6-4-13(5-7-14)22-15-8-3-12(18(19,20)21)9-16(15)23(25)26/h3-9,11,22H,10H2,1-2H3. The molecule has 0 spiro atoms. The lowest BCUT2D eigenvalue weighted by Gasteiger charge is -2.14. The van der Waals surface area contributed by atoms with E-state index in [0.717, 1.165) is 12.1 Å². The fourth-order valence-electron chi connectivity index (χ4n) is 2.22. The summed E-state index contributed by atoms with van der Waals surface area (Å²) in [5.74, 6) is 0.0365. The average Bonchev–Trinajstić information content (AvgIpc) is 2.66. The number of carbonyl (C=O) groups excluding carboxylic acids is 1. The first-order chi connectivity index (χ1) is 13.6. The van der Waals surface area contributed by atoms with Crippen molar-refractivity contribution in [1.82, 2.24) is 0 Å². The molecule has 2 rings (SSSR count). The van der Waals surface area contributed by atoms with Gasteiger partial charge in [0.2, 0.25) is 0 Å². The number of anilines is 2. The van der Waals surface area contributed by atoms with Gasteiger partial charge in [0.1, 0.15) is 17.4 Å². The Labute approximate surface area is 168 Å². The third-order valence-corrected chi connectivity index (χ3v) is 3.97. The van der Waals surface area contributed by atoms with Crippen molar-refractivity contribution < 1.29 is 32.4 Å². The zero-order valence-corrected chi connectivity index (χ0v) is 16.2. The van der Waals surface area contributed by atoms with Gasteiger partial charge in [-0.1, -0.05) is 0 Å². The van der Waals surface area contributed by atoms with Crippen molar-refractivity contribution in [2.45, 2.75) is 19.2 Å². The number of carbonyl (C=O) groups is 1. The van der Waals surface area contributed by atoms with Crippen molar-refractivity contribution in [2.75, 3.05) is 17.5 Å². The van der Waals surface area contributed by atoms with Gasteiger partial charge in [-0.15, -0.1) is 11.8 Å². The number of nitro benzene ring substituents is 1. The average molecular weight is 430 g/mol. The lowest BCUT2D eigenvalue weighted by atomic mass is 10.1. The van der Waals surface area contributed by atoms with Gasteiger partial charge in [0.25, 0.3) is 5.69 Å². The molecule has 0 saturated carbocycles. The molecule has 0 saturated heterocycles. The molecule has 1 unspecified atom stereocenters. The van der Waals surface area contributed by atoms with Gasteiger partial charge < -0.3 is 14.8 Å². The summed E-state index contributed by atoms with van der Waals surface area (Å²) in [6, 6.07) is 8.27. The van der Waals surface area contributed by atoms with Gasteiger partial charge in [0.15, 0.2) is 6.10 Å². The van der Waals surface area contributed by atoms with Crippen molar-refractivity contribution in [3.63, 3.8) is 0 Å². The summed E-state index contributed by atoms with van der Waals surface area (Å²) >= 11 is 1.34. The molecule has 0 fully saturated rings. The molecule has 156 valence electrons. The molecule has 11 heteroatoms. The van der Waals surface area contributed by atoms with Crippen LogP contribution in [0.3, 0.4) is 0 Å². The van der Waals surface area contributed by atoms with E-state index < -0.39 is 34.4 Å². The van der Waals surface area contributed by atoms with E-state index in [1.54, 1.807) is 6.26 Å². The number of nitrogens with one attached hydrogen (secondary N) is 1. The molecule has 0 amide bonds. The van der Waals surface area contributed by atoms with Crippen LogP contribution >= 0.6 is 11.8 Å². The maximum absolute atomic E-state index is 12.8. The van der Waals surface area contributed by atoms with Gasteiger partial charge in [0.05, 0.1) is 10.5 Å². The van der Waals surface area contributed by atoms with Gasteiger partial charge >= 0.3 is 12.1 Å².